The third kappa shape index (κ3) is 3.84. The maximum atomic E-state index is 12.9. The summed E-state index contributed by atoms with van der Waals surface area (Å²) < 4.78 is 48.7. The van der Waals surface area contributed by atoms with Gasteiger partial charge in [-0.1, -0.05) is 0 Å². The van der Waals surface area contributed by atoms with Crippen molar-refractivity contribution < 1.29 is 27.4 Å². The summed E-state index contributed by atoms with van der Waals surface area (Å²) in [6, 6.07) is 7.10. The molecule has 0 aliphatic carbocycles. The van der Waals surface area contributed by atoms with E-state index in [1.54, 1.807) is 31.3 Å². The van der Waals surface area contributed by atoms with Crippen molar-refractivity contribution in [1.82, 2.24) is 9.88 Å². The van der Waals surface area contributed by atoms with Crippen LogP contribution < -0.4 is 9.47 Å². The van der Waals surface area contributed by atoms with Gasteiger partial charge in [0.05, 0.1) is 25.8 Å². The molecule has 5 nitrogen and oxygen atoms in total. The lowest BCUT2D eigenvalue weighted by molar-refractivity contribution is -0.141. The molecule has 1 aliphatic heterocycles. The Labute approximate surface area is 154 Å². The van der Waals surface area contributed by atoms with Gasteiger partial charge in [-0.25, -0.2) is 0 Å². The normalized spacial score (nSPS) is 17.1. The molecular formula is C19H19F3N2O3. The van der Waals surface area contributed by atoms with Crippen molar-refractivity contribution in [2.75, 3.05) is 20.8 Å². The number of hydrogen-bond donors (Lipinski definition) is 0. The van der Waals surface area contributed by atoms with Crippen molar-refractivity contribution in [3.8, 4) is 11.5 Å². The van der Waals surface area contributed by atoms with E-state index in [9.17, 15) is 18.0 Å². The molecule has 1 amide bonds. The average Bonchev–Trinajstić information content (AvgIpc) is 3.15. The number of aromatic nitrogens is 1. The number of carbonyl (C=O) groups excluding carboxylic acids is 1. The van der Waals surface area contributed by atoms with Gasteiger partial charge in [0.25, 0.3) is 5.91 Å². The third-order valence-corrected chi connectivity index (χ3v) is 4.61. The Morgan fingerprint density at radius 3 is 2.56 bits per heavy atom. The second-order valence-electron chi connectivity index (χ2n) is 6.19. The molecule has 0 spiro atoms. The van der Waals surface area contributed by atoms with Crippen LogP contribution in [0.5, 0.6) is 11.5 Å². The lowest BCUT2D eigenvalue weighted by Crippen LogP contribution is -2.31. The van der Waals surface area contributed by atoms with Gasteiger partial charge < -0.3 is 14.4 Å². The van der Waals surface area contributed by atoms with Crippen LogP contribution >= 0.6 is 0 Å². The Hall–Kier alpha value is -2.77. The molecule has 0 saturated carbocycles. The molecule has 3 rings (SSSR count). The molecule has 0 N–H and O–H groups in total. The molecule has 1 fully saturated rings. The minimum atomic E-state index is -4.54. The van der Waals surface area contributed by atoms with Crippen LogP contribution in [0.2, 0.25) is 0 Å². The van der Waals surface area contributed by atoms with Crippen LogP contribution in [0, 0.1) is 0 Å². The van der Waals surface area contributed by atoms with E-state index < -0.39 is 11.9 Å². The molecular weight excluding hydrogens is 361 g/mol. The minimum Gasteiger partial charge on any atom is -0.497 e. The van der Waals surface area contributed by atoms with Crippen molar-refractivity contribution in [2.45, 2.75) is 25.1 Å². The summed E-state index contributed by atoms with van der Waals surface area (Å²) in [5.74, 6) is 0.913. The molecule has 1 aromatic carbocycles. The van der Waals surface area contributed by atoms with Crippen LogP contribution in [-0.4, -0.2) is 36.6 Å². The molecule has 27 heavy (non-hydrogen) atoms. The number of benzene rings is 1. The Kier molecular flexibility index (Phi) is 5.25. The first kappa shape index (κ1) is 19.0. The van der Waals surface area contributed by atoms with Crippen molar-refractivity contribution in [3.63, 3.8) is 0 Å². The Bertz CT molecular complexity index is 822. The molecule has 1 aromatic heterocycles. The van der Waals surface area contributed by atoms with E-state index in [1.807, 2.05) is 6.07 Å². The summed E-state index contributed by atoms with van der Waals surface area (Å²) in [5.41, 5.74) is -0.0918. The van der Waals surface area contributed by atoms with E-state index in [2.05, 4.69) is 4.98 Å². The number of amides is 1. The summed E-state index contributed by atoms with van der Waals surface area (Å²) in [6.45, 7) is 0.505. The number of ether oxygens (including phenoxy) is 2. The van der Waals surface area contributed by atoms with Gasteiger partial charge in [0.1, 0.15) is 17.2 Å². The summed E-state index contributed by atoms with van der Waals surface area (Å²) in [4.78, 5) is 17.9. The van der Waals surface area contributed by atoms with Crippen LogP contribution in [0.3, 0.4) is 0 Å². The maximum Gasteiger partial charge on any atom is 0.433 e. The van der Waals surface area contributed by atoms with Gasteiger partial charge in [-0.3, -0.25) is 9.78 Å². The monoisotopic (exact) mass is 380 g/mol. The van der Waals surface area contributed by atoms with Gasteiger partial charge in [-0.05, 0) is 43.2 Å². The van der Waals surface area contributed by atoms with Crippen molar-refractivity contribution in [2.24, 2.45) is 0 Å². The van der Waals surface area contributed by atoms with Crippen LogP contribution in [0.1, 0.15) is 40.5 Å². The number of halogens is 3. The van der Waals surface area contributed by atoms with Crippen LogP contribution in [0.25, 0.3) is 0 Å². The summed E-state index contributed by atoms with van der Waals surface area (Å²) in [5, 5.41) is 0. The number of pyridine rings is 1. The van der Waals surface area contributed by atoms with Crippen molar-refractivity contribution in [3.05, 3.63) is 53.3 Å². The first-order valence-corrected chi connectivity index (χ1v) is 8.41. The fraction of sp³-hybridized carbons (Fsp3) is 0.368. The largest absolute Gasteiger partial charge is 0.497 e. The fourth-order valence-corrected chi connectivity index (χ4v) is 3.29. The molecule has 1 aliphatic rings. The van der Waals surface area contributed by atoms with Gasteiger partial charge in [0.2, 0.25) is 0 Å². The van der Waals surface area contributed by atoms with Gasteiger partial charge in [-0.2, -0.15) is 13.2 Å². The highest BCUT2D eigenvalue weighted by Crippen LogP contribution is 2.39. The summed E-state index contributed by atoms with van der Waals surface area (Å²) in [7, 11) is 3.10. The van der Waals surface area contributed by atoms with Crippen LogP contribution in [-0.2, 0) is 6.18 Å². The molecule has 2 heterocycles. The number of rotatable bonds is 4. The Morgan fingerprint density at radius 1 is 1.19 bits per heavy atom. The van der Waals surface area contributed by atoms with Crippen molar-refractivity contribution >= 4 is 5.91 Å². The first-order valence-electron chi connectivity index (χ1n) is 8.41. The van der Waals surface area contributed by atoms with Gasteiger partial charge in [0.15, 0.2) is 0 Å². The molecule has 0 unspecified atom stereocenters. The van der Waals surface area contributed by atoms with Crippen LogP contribution in [0.4, 0.5) is 13.2 Å². The zero-order valence-electron chi connectivity index (χ0n) is 14.9. The van der Waals surface area contributed by atoms with E-state index in [-0.39, 0.29) is 17.5 Å². The second-order valence-corrected chi connectivity index (χ2v) is 6.19. The van der Waals surface area contributed by atoms with Crippen LogP contribution in [0.15, 0.2) is 36.5 Å². The predicted octanol–water partition coefficient (Wildman–Crippen LogP) is 4.09. The van der Waals surface area contributed by atoms with E-state index in [4.69, 9.17) is 9.47 Å². The number of carbonyl (C=O) groups is 1. The number of likely N-dealkylation sites (tertiary alicyclic amines) is 1. The SMILES string of the molecule is COc1ccc(OC)c([C@@H]2CCCN2C(=O)c2ccc(C(F)(F)F)nc2)c1. The topological polar surface area (TPSA) is 51.7 Å². The zero-order valence-corrected chi connectivity index (χ0v) is 14.9. The zero-order chi connectivity index (χ0) is 19.6. The lowest BCUT2D eigenvalue weighted by Gasteiger charge is -2.26. The maximum absolute atomic E-state index is 12.9. The highest BCUT2D eigenvalue weighted by molar-refractivity contribution is 5.94. The first-order chi connectivity index (χ1) is 12.8. The molecule has 1 saturated heterocycles. The van der Waals surface area contributed by atoms with E-state index in [0.29, 0.717) is 18.0 Å². The highest BCUT2D eigenvalue weighted by Gasteiger charge is 2.35. The molecule has 0 radical (unpaired) electrons. The fourth-order valence-electron chi connectivity index (χ4n) is 3.29. The quantitative estimate of drug-likeness (QED) is 0.802. The van der Waals surface area contributed by atoms with E-state index in [1.165, 1.54) is 0 Å². The number of alkyl halides is 3. The van der Waals surface area contributed by atoms with Gasteiger partial charge in [-0.15, -0.1) is 0 Å². The summed E-state index contributed by atoms with van der Waals surface area (Å²) >= 11 is 0. The van der Waals surface area contributed by atoms with Gasteiger partial charge >= 0.3 is 6.18 Å². The molecule has 1 atom stereocenters. The Balaban J connectivity index is 1.89. The molecule has 144 valence electrons. The molecule has 2 aromatic rings. The standard InChI is InChI=1S/C19H19F3N2O3/c1-26-13-6-7-16(27-2)14(10-13)15-4-3-9-24(15)18(25)12-5-8-17(23-11-12)19(20,21)22/h5-8,10-11,15H,3-4,9H2,1-2H3/t15-/m0/s1. The third-order valence-electron chi connectivity index (χ3n) is 4.61. The second kappa shape index (κ2) is 7.46. The lowest BCUT2D eigenvalue weighted by atomic mass is 10.0. The number of nitrogens with zero attached hydrogens (tertiary/aromatic N) is 2. The van der Waals surface area contributed by atoms with Crippen molar-refractivity contribution in [1.29, 1.82) is 0 Å². The Morgan fingerprint density at radius 2 is 1.96 bits per heavy atom. The molecule has 0 bridgehead atoms. The minimum absolute atomic E-state index is 0.122. The predicted molar refractivity (Wildman–Crippen MR) is 91.8 cm³/mol. The molecule has 8 heteroatoms. The number of hydrogen-bond acceptors (Lipinski definition) is 4. The smallest absolute Gasteiger partial charge is 0.433 e. The van der Waals surface area contributed by atoms with Gasteiger partial charge in [0, 0.05) is 18.3 Å². The average molecular weight is 380 g/mol. The van der Waals surface area contributed by atoms with E-state index >= 15 is 0 Å². The highest BCUT2D eigenvalue weighted by atomic mass is 19.4. The summed E-state index contributed by atoms with van der Waals surface area (Å²) in [6.07, 6.45) is -2.05. The number of methoxy groups -OCH3 is 2. The van der Waals surface area contributed by atoms with E-state index in [0.717, 1.165) is 36.7 Å².